The Bertz CT molecular complexity index is 1100. The Morgan fingerprint density at radius 3 is 2.32 bits per heavy atom. The van der Waals surface area contributed by atoms with Crippen LogP contribution >= 0.6 is 0 Å². The van der Waals surface area contributed by atoms with Gasteiger partial charge in [-0.1, -0.05) is 12.1 Å². The number of sulfonamides is 1. The molecule has 31 heavy (non-hydrogen) atoms. The average Bonchev–Trinajstić information content (AvgIpc) is 2.74. The average molecular weight is 444 g/mol. The molecular weight excluding hydrogens is 418 g/mol. The van der Waals surface area contributed by atoms with Gasteiger partial charge >= 0.3 is 0 Å². The minimum atomic E-state index is -3.77. The Morgan fingerprint density at radius 2 is 1.68 bits per heavy atom. The molecule has 0 unspecified atom stereocenters. The number of benzene rings is 2. The number of nitrogens with zero attached hydrogens (tertiary/aromatic N) is 1. The Labute approximate surface area is 181 Å². The molecule has 2 N–H and O–H groups in total. The van der Waals surface area contributed by atoms with Crippen molar-refractivity contribution in [1.82, 2.24) is 4.31 Å². The number of hydrogen-bond acceptors (Lipinski definition) is 5. The maximum atomic E-state index is 13.0. The fourth-order valence-electron chi connectivity index (χ4n) is 3.50. The van der Waals surface area contributed by atoms with Crippen molar-refractivity contribution in [1.29, 1.82) is 0 Å². The Hall–Kier alpha value is -3.04. The third-order valence-electron chi connectivity index (χ3n) is 5.10. The standard InChI is InChI=1S/C22H25N3O5S/c1-15(26)17-5-3-7-20(13-17)24-22(28)18-6-4-12-25(14-18)31(29,30)21-10-8-19(9-11-21)23-16(2)27/h3,5,7-11,13,18H,4,6,12,14H2,1-2H3,(H,23,27)(H,24,28)/t18-/m0/s1. The molecule has 1 aliphatic heterocycles. The van der Waals surface area contributed by atoms with Crippen LogP contribution in [0.1, 0.15) is 37.0 Å². The van der Waals surface area contributed by atoms with E-state index in [0.717, 1.165) is 0 Å². The number of piperidine rings is 1. The molecule has 0 bridgehead atoms. The molecule has 0 aliphatic carbocycles. The third kappa shape index (κ3) is 5.56. The van der Waals surface area contributed by atoms with Gasteiger partial charge in [0.05, 0.1) is 10.8 Å². The summed E-state index contributed by atoms with van der Waals surface area (Å²) in [5, 5.41) is 5.39. The second-order valence-corrected chi connectivity index (χ2v) is 9.47. The SMILES string of the molecule is CC(=O)Nc1ccc(S(=O)(=O)N2CCC[C@H](C(=O)Nc3cccc(C(C)=O)c3)C2)cc1. The summed E-state index contributed by atoms with van der Waals surface area (Å²) in [6.45, 7) is 3.24. The van der Waals surface area contributed by atoms with Gasteiger partial charge in [0.15, 0.2) is 5.78 Å². The molecule has 0 aromatic heterocycles. The lowest BCUT2D eigenvalue weighted by Gasteiger charge is -2.31. The summed E-state index contributed by atoms with van der Waals surface area (Å²) in [4.78, 5) is 35.5. The number of nitrogens with one attached hydrogen (secondary N) is 2. The van der Waals surface area contributed by atoms with Gasteiger partial charge in [-0.3, -0.25) is 14.4 Å². The van der Waals surface area contributed by atoms with Gasteiger partial charge < -0.3 is 10.6 Å². The lowest BCUT2D eigenvalue weighted by Crippen LogP contribution is -2.43. The molecule has 0 saturated carbocycles. The zero-order valence-electron chi connectivity index (χ0n) is 17.4. The molecule has 2 aromatic rings. The van der Waals surface area contributed by atoms with Crippen molar-refractivity contribution < 1.29 is 22.8 Å². The van der Waals surface area contributed by atoms with Crippen LogP contribution in [0.15, 0.2) is 53.4 Å². The van der Waals surface area contributed by atoms with Crippen molar-refractivity contribution in [3.8, 4) is 0 Å². The fraction of sp³-hybridized carbons (Fsp3) is 0.318. The van der Waals surface area contributed by atoms with E-state index >= 15 is 0 Å². The van der Waals surface area contributed by atoms with Crippen molar-refractivity contribution in [2.75, 3.05) is 23.7 Å². The molecule has 1 fully saturated rings. The van der Waals surface area contributed by atoms with E-state index in [9.17, 15) is 22.8 Å². The molecule has 9 heteroatoms. The third-order valence-corrected chi connectivity index (χ3v) is 6.98. The Balaban J connectivity index is 1.70. The second kappa shape index (κ2) is 9.40. The van der Waals surface area contributed by atoms with Crippen LogP contribution in [-0.2, 0) is 19.6 Å². The highest BCUT2D eigenvalue weighted by Crippen LogP contribution is 2.26. The summed E-state index contributed by atoms with van der Waals surface area (Å²) in [6, 6.07) is 12.6. The van der Waals surface area contributed by atoms with Crippen molar-refractivity contribution in [2.24, 2.45) is 5.92 Å². The summed E-state index contributed by atoms with van der Waals surface area (Å²) in [5.74, 6) is -1.12. The molecule has 2 amide bonds. The van der Waals surface area contributed by atoms with Crippen LogP contribution in [0, 0.1) is 5.92 Å². The highest BCUT2D eigenvalue weighted by atomic mass is 32.2. The summed E-state index contributed by atoms with van der Waals surface area (Å²) in [5.41, 5.74) is 1.51. The summed E-state index contributed by atoms with van der Waals surface area (Å²) >= 11 is 0. The maximum Gasteiger partial charge on any atom is 0.243 e. The number of anilines is 2. The van der Waals surface area contributed by atoms with E-state index in [4.69, 9.17) is 0 Å². The number of carbonyl (C=O) groups excluding carboxylic acids is 3. The zero-order chi connectivity index (χ0) is 22.6. The summed E-state index contributed by atoms with van der Waals surface area (Å²) < 4.78 is 27.4. The number of rotatable bonds is 6. The first-order valence-electron chi connectivity index (χ1n) is 9.96. The second-order valence-electron chi connectivity index (χ2n) is 7.53. The number of amides is 2. The lowest BCUT2D eigenvalue weighted by atomic mass is 9.98. The quantitative estimate of drug-likeness (QED) is 0.667. The first-order chi connectivity index (χ1) is 14.7. The van der Waals surface area contributed by atoms with Gasteiger partial charge in [0.2, 0.25) is 21.8 Å². The highest BCUT2D eigenvalue weighted by molar-refractivity contribution is 7.89. The highest BCUT2D eigenvalue weighted by Gasteiger charge is 2.33. The molecular formula is C22H25N3O5S. The van der Waals surface area contributed by atoms with Crippen LogP contribution in [-0.4, -0.2) is 43.4 Å². The van der Waals surface area contributed by atoms with Crippen LogP contribution in [0.3, 0.4) is 0 Å². The van der Waals surface area contributed by atoms with Gasteiger partial charge in [0.25, 0.3) is 0 Å². The van der Waals surface area contributed by atoms with Crippen LogP contribution in [0.5, 0.6) is 0 Å². The van der Waals surface area contributed by atoms with Gasteiger partial charge in [-0.2, -0.15) is 4.31 Å². The molecule has 2 aromatic carbocycles. The zero-order valence-corrected chi connectivity index (χ0v) is 18.2. The van der Waals surface area contributed by atoms with Crippen LogP contribution in [0.25, 0.3) is 0 Å². The normalized spacial score (nSPS) is 17.0. The molecule has 1 aliphatic rings. The van der Waals surface area contributed by atoms with E-state index in [1.807, 2.05) is 0 Å². The van der Waals surface area contributed by atoms with E-state index in [2.05, 4.69) is 10.6 Å². The van der Waals surface area contributed by atoms with E-state index < -0.39 is 15.9 Å². The molecule has 164 valence electrons. The molecule has 1 atom stereocenters. The summed E-state index contributed by atoms with van der Waals surface area (Å²) in [7, 11) is -3.77. The number of carbonyl (C=O) groups is 3. The summed E-state index contributed by atoms with van der Waals surface area (Å²) in [6.07, 6.45) is 1.14. The van der Waals surface area contributed by atoms with Gasteiger partial charge in [0, 0.05) is 37.0 Å². The lowest BCUT2D eigenvalue weighted by molar-refractivity contribution is -0.121. The monoisotopic (exact) mass is 443 g/mol. The largest absolute Gasteiger partial charge is 0.326 e. The smallest absolute Gasteiger partial charge is 0.243 e. The van der Waals surface area contributed by atoms with Gasteiger partial charge in [-0.15, -0.1) is 0 Å². The predicted octanol–water partition coefficient (Wildman–Crippen LogP) is 2.89. The minimum absolute atomic E-state index is 0.0774. The Morgan fingerprint density at radius 1 is 0.968 bits per heavy atom. The molecule has 8 nitrogen and oxygen atoms in total. The minimum Gasteiger partial charge on any atom is -0.326 e. The van der Waals surface area contributed by atoms with Crippen LogP contribution in [0.4, 0.5) is 11.4 Å². The van der Waals surface area contributed by atoms with Gasteiger partial charge in [0.1, 0.15) is 0 Å². The van der Waals surface area contributed by atoms with E-state index in [1.54, 1.807) is 24.3 Å². The fourth-order valence-corrected chi connectivity index (χ4v) is 5.02. The molecule has 1 saturated heterocycles. The first kappa shape index (κ1) is 22.6. The molecule has 3 rings (SSSR count). The molecule has 0 radical (unpaired) electrons. The molecule has 1 heterocycles. The molecule has 0 spiro atoms. The predicted molar refractivity (Wildman–Crippen MR) is 117 cm³/mol. The maximum absolute atomic E-state index is 13.0. The van der Waals surface area contributed by atoms with Crippen LogP contribution in [0.2, 0.25) is 0 Å². The van der Waals surface area contributed by atoms with Crippen molar-refractivity contribution in [3.05, 3.63) is 54.1 Å². The van der Waals surface area contributed by atoms with Gasteiger partial charge in [-0.05, 0) is 56.2 Å². The van der Waals surface area contributed by atoms with Crippen molar-refractivity contribution in [3.63, 3.8) is 0 Å². The van der Waals surface area contributed by atoms with E-state index in [-0.39, 0.29) is 29.0 Å². The number of hydrogen-bond donors (Lipinski definition) is 2. The van der Waals surface area contributed by atoms with E-state index in [0.29, 0.717) is 36.3 Å². The van der Waals surface area contributed by atoms with Crippen molar-refractivity contribution in [2.45, 2.75) is 31.6 Å². The van der Waals surface area contributed by atoms with Crippen molar-refractivity contribution >= 4 is 39.0 Å². The number of Topliss-reactive ketones (excluding diaryl/α,β-unsaturated/α-hetero) is 1. The van der Waals surface area contributed by atoms with E-state index in [1.165, 1.54) is 42.4 Å². The number of ketones is 1. The van der Waals surface area contributed by atoms with Crippen LogP contribution < -0.4 is 10.6 Å². The first-order valence-corrected chi connectivity index (χ1v) is 11.4. The Kier molecular flexibility index (Phi) is 6.87. The topological polar surface area (TPSA) is 113 Å². The van der Waals surface area contributed by atoms with Gasteiger partial charge in [-0.25, -0.2) is 8.42 Å².